The van der Waals surface area contributed by atoms with Crippen LogP contribution in [-0.4, -0.2) is 17.2 Å². The van der Waals surface area contributed by atoms with Gasteiger partial charge in [0.25, 0.3) is 0 Å². The maximum absolute atomic E-state index is 4.25. The van der Waals surface area contributed by atoms with E-state index in [4.69, 9.17) is 0 Å². The predicted octanol–water partition coefficient (Wildman–Crippen LogP) is 2.57. The average molecular weight is 219 g/mol. The van der Waals surface area contributed by atoms with E-state index < -0.39 is 0 Å². The molecule has 0 aliphatic carbocycles. The molecule has 3 heteroatoms. The first-order valence-corrected chi connectivity index (χ1v) is 5.73. The van der Waals surface area contributed by atoms with Crippen LogP contribution in [0, 0.1) is 6.92 Å². The SMILES string of the molecule is C=C(C)CC(NC)c1cc(C)nnc1CC. The third kappa shape index (κ3) is 3.14. The minimum atomic E-state index is 0.293. The van der Waals surface area contributed by atoms with Gasteiger partial charge in [0.1, 0.15) is 0 Å². The van der Waals surface area contributed by atoms with Crippen molar-refractivity contribution in [3.8, 4) is 0 Å². The fourth-order valence-electron chi connectivity index (χ4n) is 1.83. The molecule has 1 aromatic rings. The van der Waals surface area contributed by atoms with E-state index in [1.807, 2.05) is 14.0 Å². The van der Waals surface area contributed by atoms with Gasteiger partial charge in [0.15, 0.2) is 0 Å². The van der Waals surface area contributed by atoms with Gasteiger partial charge in [-0.1, -0.05) is 12.5 Å². The molecule has 1 atom stereocenters. The van der Waals surface area contributed by atoms with Crippen LogP contribution in [0.5, 0.6) is 0 Å². The summed E-state index contributed by atoms with van der Waals surface area (Å²) in [5, 5.41) is 11.7. The molecule has 0 saturated heterocycles. The highest BCUT2D eigenvalue weighted by Gasteiger charge is 2.14. The van der Waals surface area contributed by atoms with E-state index in [0.717, 1.165) is 24.2 Å². The van der Waals surface area contributed by atoms with E-state index in [-0.39, 0.29) is 0 Å². The lowest BCUT2D eigenvalue weighted by Crippen LogP contribution is -2.19. The van der Waals surface area contributed by atoms with E-state index in [1.54, 1.807) is 0 Å². The van der Waals surface area contributed by atoms with Gasteiger partial charge in [-0.3, -0.25) is 0 Å². The normalized spacial score (nSPS) is 12.5. The van der Waals surface area contributed by atoms with Crippen molar-refractivity contribution >= 4 is 0 Å². The Balaban J connectivity index is 3.06. The van der Waals surface area contributed by atoms with Crippen molar-refractivity contribution < 1.29 is 0 Å². The molecule has 16 heavy (non-hydrogen) atoms. The van der Waals surface area contributed by atoms with E-state index in [2.05, 4.69) is 42.0 Å². The molecular formula is C13H21N3. The van der Waals surface area contributed by atoms with Crippen molar-refractivity contribution in [2.45, 2.75) is 39.7 Å². The Kier molecular flexibility index (Phi) is 4.62. The Labute approximate surface area is 98.0 Å². The molecule has 0 aliphatic rings. The number of aryl methyl sites for hydroxylation is 2. The Hall–Kier alpha value is -1.22. The molecule has 0 bridgehead atoms. The van der Waals surface area contributed by atoms with Crippen LogP contribution in [0.2, 0.25) is 0 Å². The minimum Gasteiger partial charge on any atom is -0.313 e. The lowest BCUT2D eigenvalue weighted by Gasteiger charge is -2.19. The summed E-state index contributed by atoms with van der Waals surface area (Å²) in [5.74, 6) is 0. The third-order valence-corrected chi connectivity index (χ3v) is 2.64. The Bertz CT molecular complexity index is 371. The van der Waals surface area contributed by atoms with Crippen LogP contribution in [0.1, 0.15) is 43.3 Å². The van der Waals surface area contributed by atoms with Crippen LogP contribution in [-0.2, 0) is 6.42 Å². The Morgan fingerprint density at radius 2 is 2.19 bits per heavy atom. The lowest BCUT2D eigenvalue weighted by molar-refractivity contribution is 0.577. The molecule has 1 rings (SSSR count). The van der Waals surface area contributed by atoms with Gasteiger partial charge in [0.2, 0.25) is 0 Å². The Morgan fingerprint density at radius 1 is 1.50 bits per heavy atom. The van der Waals surface area contributed by atoms with E-state index in [1.165, 1.54) is 11.1 Å². The van der Waals surface area contributed by atoms with Crippen LogP contribution in [0.4, 0.5) is 0 Å². The number of rotatable bonds is 5. The maximum atomic E-state index is 4.25. The molecule has 88 valence electrons. The second-order valence-corrected chi connectivity index (χ2v) is 4.24. The molecule has 3 nitrogen and oxygen atoms in total. The first kappa shape index (κ1) is 12.8. The highest BCUT2D eigenvalue weighted by molar-refractivity contribution is 5.26. The van der Waals surface area contributed by atoms with Crippen molar-refractivity contribution in [1.29, 1.82) is 0 Å². The highest BCUT2D eigenvalue weighted by Crippen LogP contribution is 2.22. The Morgan fingerprint density at radius 3 is 2.69 bits per heavy atom. The van der Waals surface area contributed by atoms with Gasteiger partial charge in [-0.2, -0.15) is 10.2 Å². The van der Waals surface area contributed by atoms with Crippen molar-refractivity contribution in [2.75, 3.05) is 7.05 Å². The molecule has 1 N–H and O–H groups in total. The summed E-state index contributed by atoms with van der Waals surface area (Å²) in [6, 6.07) is 2.41. The average Bonchev–Trinajstić information content (AvgIpc) is 2.25. The summed E-state index contributed by atoms with van der Waals surface area (Å²) in [7, 11) is 1.98. The first-order valence-electron chi connectivity index (χ1n) is 5.73. The second kappa shape index (κ2) is 5.75. The predicted molar refractivity (Wildman–Crippen MR) is 67.4 cm³/mol. The van der Waals surface area contributed by atoms with Crippen LogP contribution in [0.3, 0.4) is 0 Å². The monoisotopic (exact) mass is 219 g/mol. The molecular weight excluding hydrogens is 198 g/mol. The largest absolute Gasteiger partial charge is 0.313 e. The summed E-state index contributed by atoms with van der Waals surface area (Å²) in [5.41, 5.74) is 4.47. The summed E-state index contributed by atoms with van der Waals surface area (Å²) >= 11 is 0. The summed E-state index contributed by atoms with van der Waals surface area (Å²) < 4.78 is 0. The number of nitrogens with zero attached hydrogens (tertiary/aromatic N) is 2. The van der Waals surface area contributed by atoms with Crippen molar-refractivity contribution in [1.82, 2.24) is 15.5 Å². The molecule has 0 fully saturated rings. The van der Waals surface area contributed by atoms with Gasteiger partial charge in [0, 0.05) is 6.04 Å². The zero-order valence-electron chi connectivity index (χ0n) is 10.7. The fourth-order valence-corrected chi connectivity index (χ4v) is 1.83. The van der Waals surface area contributed by atoms with Gasteiger partial charge in [-0.15, -0.1) is 6.58 Å². The van der Waals surface area contributed by atoms with Crippen LogP contribution in [0.15, 0.2) is 18.2 Å². The first-order chi connectivity index (χ1) is 7.58. The standard InChI is InChI=1S/C13H21N3/c1-6-12-11(8-10(4)15-16-12)13(14-5)7-9(2)3/h8,13-14H,2,6-7H2,1,3-5H3. The van der Waals surface area contributed by atoms with Crippen LogP contribution in [0.25, 0.3) is 0 Å². The topological polar surface area (TPSA) is 37.8 Å². The summed E-state index contributed by atoms with van der Waals surface area (Å²) in [4.78, 5) is 0. The van der Waals surface area contributed by atoms with Crippen molar-refractivity contribution in [2.24, 2.45) is 0 Å². The van der Waals surface area contributed by atoms with E-state index in [0.29, 0.717) is 6.04 Å². The summed E-state index contributed by atoms with van der Waals surface area (Å²) in [6.45, 7) is 10.1. The smallest absolute Gasteiger partial charge is 0.0676 e. The molecule has 0 amide bonds. The molecule has 0 aliphatic heterocycles. The van der Waals surface area contributed by atoms with Crippen LogP contribution >= 0.6 is 0 Å². The molecule has 0 saturated carbocycles. The molecule has 0 spiro atoms. The van der Waals surface area contributed by atoms with Gasteiger partial charge < -0.3 is 5.32 Å². The maximum Gasteiger partial charge on any atom is 0.0676 e. The quantitative estimate of drug-likeness (QED) is 0.773. The van der Waals surface area contributed by atoms with Gasteiger partial charge in [-0.05, 0) is 45.4 Å². The highest BCUT2D eigenvalue weighted by atomic mass is 15.1. The molecule has 1 heterocycles. The van der Waals surface area contributed by atoms with Crippen molar-refractivity contribution in [3.05, 3.63) is 35.2 Å². The molecule has 0 aromatic carbocycles. The molecule has 1 unspecified atom stereocenters. The molecule has 1 aromatic heterocycles. The lowest BCUT2D eigenvalue weighted by atomic mass is 9.98. The zero-order valence-corrected chi connectivity index (χ0v) is 10.7. The number of hydrogen-bond donors (Lipinski definition) is 1. The zero-order chi connectivity index (χ0) is 12.1. The fraction of sp³-hybridized carbons (Fsp3) is 0.538. The van der Waals surface area contributed by atoms with E-state index in [9.17, 15) is 0 Å². The molecule has 0 radical (unpaired) electrons. The van der Waals surface area contributed by atoms with Crippen molar-refractivity contribution in [3.63, 3.8) is 0 Å². The number of aromatic nitrogens is 2. The third-order valence-electron chi connectivity index (χ3n) is 2.64. The summed E-state index contributed by atoms with van der Waals surface area (Å²) in [6.07, 6.45) is 1.85. The van der Waals surface area contributed by atoms with Crippen LogP contribution < -0.4 is 5.32 Å². The van der Waals surface area contributed by atoms with Gasteiger partial charge >= 0.3 is 0 Å². The van der Waals surface area contributed by atoms with Gasteiger partial charge in [-0.25, -0.2) is 0 Å². The minimum absolute atomic E-state index is 0.293. The number of hydrogen-bond acceptors (Lipinski definition) is 3. The van der Waals surface area contributed by atoms with E-state index >= 15 is 0 Å². The van der Waals surface area contributed by atoms with Gasteiger partial charge in [0.05, 0.1) is 11.4 Å². The number of nitrogens with one attached hydrogen (secondary N) is 1. The second-order valence-electron chi connectivity index (χ2n) is 4.24.